The Morgan fingerprint density at radius 2 is 2.05 bits per heavy atom. The predicted octanol–water partition coefficient (Wildman–Crippen LogP) is 3.42. The maximum absolute atomic E-state index is 12.3. The molecule has 1 aromatic rings. The summed E-state index contributed by atoms with van der Waals surface area (Å²) in [6.45, 7) is 0. The van der Waals surface area contributed by atoms with E-state index in [1.54, 1.807) is 6.07 Å². The summed E-state index contributed by atoms with van der Waals surface area (Å²) in [6.07, 6.45) is 5.28. The van der Waals surface area contributed by atoms with E-state index < -0.39 is 4.92 Å². The van der Waals surface area contributed by atoms with Crippen molar-refractivity contribution in [1.29, 1.82) is 0 Å². The molecule has 0 atom stereocenters. The van der Waals surface area contributed by atoms with Crippen LogP contribution >= 0.6 is 15.9 Å². The lowest BCUT2D eigenvalue weighted by Gasteiger charge is -2.36. The summed E-state index contributed by atoms with van der Waals surface area (Å²) in [7, 11) is 0. The molecule has 108 valence electrons. The molecule has 6 heteroatoms. The molecule has 5 nitrogen and oxygen atoms in total. The van der Waals surface area contributed by atoms with Crippen molar-refractivity contribution in [1.82, 2.24) is 5.32 Å². The fourth-order valence-corrected chi connectivity index (χ4v) is 3.30. The number of hydrogen-bond donors (Lipinski definition) is 1. The van der Waals surface area contributed by atoms with Gasteiger partial charge < -0.3 is 5.32 Å². The highest BCUT2D eigenvalue weighted by Crippen LogP contribution is 2.30. The topological polar surface area (TPSA) is 72.2 Å². The third-order valence-electron chi connectivity index (χ3n) is 3.76. The third-order valence-corrected chi connectivity index (χ3v) is 4.84. The molecule has 1 saturated carbocycles. The van der Waals surface area contributed by atoms with E-state index in [-0.39, 0.29) is 17.1 Å². The van der Waals surface area contributed by atoms with Crippen LogP contribution in [0.2, 0.25) is 0 Å². The largest absolute Gasteiger partial charge is 0.346 e. The van der Waals surface area contributed by atoms with Gasteiger partial charge in [-0.15, -0.1) is 0 Å². The van der Waals surface area contributed by atoms with Gasteiger partial charge in [-0.25, -0.2) is 0 Å². The van der Waals surface area contributed by atoms with Crippen LogP contribution in [0.15, 0.2) is 24.3 Å². The molecular weight excluding hydrogens is 324 g/mol. The van der Waals surface area contributed by atoms with Gasteiger partial charge in [0.2, 0.25) is 0 Å². The molecule has 0 saturated heterocycles. The van der Waals surface area contributed by atoms with Gasteiger partial charge in [0.05, 0.1) is 10.5 Å². The molecule has 0 heterocycles. The van der Waals surface area contributed by atoms with Crippen molar-refractivity contribution < 1.29 is 9.72 Å². The normalized spacial score (nSPS) is 17.4. The standard InChI is InChI=1S/C14H17BrN2O3/c15-10-14(7-2-1-3-8-14)16-13(18)11-5-4-6-12(9-11)17(19)20/h4-6,9H,1-3,7-8,10H2,(H,16,18). The highest BCUT2D eigenvalue weighted by molar-refractivity contribution is 9.09. The van der Waals surface area contributed by atoms with Gasteiger partial charge in [0.25, 0.3) is 11.6 Å². The lowest BCUT2D eigenvalue weighted by molar-refractivity contribution is -0.384. The fraction of sp³-hybridized carbons (Fsp3) is 0.500. The second-order valence-corrected chi connectivity index (χ2v) is 5.80. The van der Waals surface area contributed by atoms with Crippen molar-refractivity contribution in [3.63, 3.8) is 0 Å². The molecule has 1 aliphatic carbocycles. The van der Waals surface area contributed by atoms with Gasteiger partial charge in [0, 0.05) is 23.0 Å². The van der Waals surface area contributed by atoms with Gasteiger partial charge in [-0.3, -0.25) is 14.9 Å². The van der Waals surface area contributed by atoms with E-state index in [4.69, 9.17) is 0 Å². The highest BCUT2D eigenvalue weighted by Gasteiger charge is 2.32. The van der Waals surface area contributed by atoms with Crippen molar-refractivity contribution in [3.05, 3.63) is 39.9 Å². The lowest BCUT2D eigenvalue weighted by Crippen LogP contribution is -2.51. The molecule has 1 aliphatic rings. The van der Waals surface area contributed by atoms with Gasteiger partial charge in [-0.05, 0) is 18.9 Å². The number of benzene rings is 1. The Morgan fingerprint density at radius 3 is 2.65 bits per heavy atom. The Bertz CT molecular complexity index is 513. The molecule has 1 fully saturated rings. The quantitative estimate of drug-likeness (QED) is 0.518. The number of non-ortho nitro benzene ring substituents is 1. The molecule has 0 radical (unpaired) electrons. The number of nitrogens with zero attached hydrogens (tertiary/aromatic N) is 1. The van der Waals surface area contributed by atoms with Gasteiger partial charge in [-0.1, -0.05) is 41.3 Å². The minimum Gasteiger partial charge on any atom is -0.346 e. The van der Waals surface area contributed by atoms with Crippen molar-refractivity contribution >= 4 is 27.5 Å². The molecule has 2 rings (SSSR count). The van der Waals surface area contributed by atoms with E-state index in [2.05, 4.69) is 21.2 Å². The Balaban J connectivity index is 2.14. The van der Waals surface area contributed by atoms with Gasteiger partial charge >= 0.3 is 0 Å². The van der Waals surface area contributed by atoms with Crippen molar-refractivity contribution in [2.75, 3.05) is 5.33 Å². The number of carbonyl (C=O) groups is 1. The first-order valence-corrected chi connectivity index (χ1v) is 7.81. The average molecular weight is 341 g/mol. The highest BCUT2D eigenvalue weighted by atomic mass is 79.9. The number of hydrogen-bond acceptors (Lipinski definition) is 3. The summed E-state index contributed by atoms with van der Waals surface area (Å²) in [4.78, 5) is 22.6. The van der Waals surface area contributed by atoms with Crippen LogP contribution in [0.5, 0.6) is 0 Å². The number of nitro benzene ring substituents is 1. The van der Waals surface area contributed by atoms with E-state index >= 15 is 0 Å². The van der Waals surface area contributed by atoms with Crippen LogP contribution in [0.3, 0.4) is 0 Å². The van der Waals surface area contributed by atoms with Crippen LogP contribution in [0, 0.1) is 10.1 Å². The molecule has 1 N–H and O–H groups in total. The number of carbonyl (C=O) groups excluding carboxylic acids is 1. The van der Waals surface area contributed by atoms with E-state index in [9.17, 15) is 14.9 Å². The third kappa shape index (κ3) is 3.36. The summed E-state index contributed by atoms with van der Waals surface area (Å²) in [5.41, 5.74) is 0.0548. The molecule has 0 spiro atoms. The van der Waals surface area contributed by atoms with Crippen LogP contribution in [-0.4, -0.2) is 21.7 Å². The first-order valence-electron chi connectivity index (χ1n) is 6.69. The maximum Gasteiger partial charge on any atom is 0.270 e. The Labute approximate surface area is 126 Å². The monoisotopic (exact) mass is 340 g/mol. The summed E-state index contributed by atoms with van der Waals surface area (Å²) < 4.78 is 0. The van der Waals surface area contributed by atoms with E-state index in [1.165, 1.54) is 24.6 Å². The van der Waals surface area contributed by atoms with Crippen molar-refractivity contribution in [2.45, 2.75) is 37.6 Å². The first-order chi connectivity index (χ1) is 9.56. The molecule has 1 amide bonds. The number of nitro groups is 1. The Kier molecular flexibility index (Phi) is 4.75. The van der Waals surface area contributed by atoms with Gasteiger partial charge in [0.1, 0.15) is 0 Å². The molecule has 20 heavy (non-hydrogen) atoms. The number of nitrogens with one attached hydrogen (secondary N) is 1. The molecule has 0 aliphatic heterocycles. The number of alkyl halides is 1. The van der Waals surface area contributed by atoms with E-state index in [0.717, 1.165) is 25.7 Å². The predicted molar refractivity (Wildman–Crippen MR) is 80.2 cm³/mol. The SMILES string of the molecule is O=C(NC1(CBr)CCCCC1)c1cccc([N+](=O)[O-])c1. The molecule has 0 unspecified atom stereocenters. The lowest BCUT2D eigenvalue weighted by atomic mass is 9.83. The maximum atomic E-state index is 12.3. The molecule has 1 aromatic carbocycles. The van der Waals surface area contributed by atoms with Crippen LogP contribution in [0.4, 0.5) is 5.69 Å². The summed E-state index contributed by atoms with van der Waals surface area (Å²) in [5, 5.41) is 14.5. The molecule has 0 aromatic heterocycles. The number of rotatable bonds is 4. The number of halogens is 1. The number of amides is 1. The van der Waals surface area contributed by atoms with E-state index in [1.807, 2.05) is 0 Å². The van der Waals surface area contributed by atoms with Crippen molar-refractivity contribution in [2.24, 2.45) is 0 Å². The van der Waals surface area contributed by atoms with Gasteiger partial charge in [-0.2, -0.15) is 0 Å². The molecular formula is C14H17BrN2O3. The minimum absolute atomic E-state index is 0.0609. The summed E-state index contributed by atoms with van der Waals surface area (Å²) >= 11 is 3.48. The van der Waals surface area contributed by atoms with Crippen LogP contribution in [0.25, 0.3) is 0 Å². The summed E-state index contributed by atoms with van der Waals surface area (Å²) in [5.74, 6) is -0.241. The zero-order valence-electron chi connectivity index (χ0n) is 11.1. The Morgan fingerprint density at radius 1 is 1.35 bits per heavy atom. The second-order valence-electron chi connectivity index (χ2n) is 5.24. The van der Waals surface area contributed by atoms with Crippen molar-refractivity contribution in [3.8, 4) is 0 Å². The van der Waals surface area contributed by atoms with Crippen LogP contribution < -0.4 is 5.32 Å². The zero-order chi connectivity index (χ0) is 14.6. The average Bonchev–Trinajstić information content (AvgIpc) is 2.48. The van der Waals surface area contributed by atoms with Crippen LogP contribution in [0.1, 0.15) is 42.5 Å². The van der Waals surface area contributed by atoms with Gasteiger partial charge in [0.15, 0.2) is 0 Å². The molecule has 0 bridgehead atoms. The van der Waals surface area contributed by atoms with E-state index in [0.29, 0.717) is 10.9 Å². The smallest absolute Gasteiger partial charge is 0.270 e. The van der Waals surface area contributed by atoms with Crippen LogP contribution in [-0.2, 0) is 0 Å². The summed E-state index contributed by atoms with van der Waals surface area (Å²) in [6, 6.07) is 5.85. The minimum atomic E-state index is -0.488. The second kappa shape index (κ2) is 6.35. The fourth-order valence-electron chi connectivity index (χ4n) is 2.59. The zero-order valence-corrected chi connectivity index (χ0v) is 12.7. The Hall–Kier alpha value is -1.43. The first kappa shape index (κ1) is 15.0.